The van der Waals surface area contributed by atoms with Gasteiger partial charge in [0, 0.05) is 6.42 Å². The van der Waals surface area contributed by atoms with E-state index in [0.717, 1.165) is 0 Å². The Kier molecular flexibility index (Phi) is 2.25. The lowest BCUT2D eigenvalue weighted by atomic mass is 10.5. The third-order valence-electron chi connectivity index (χ3n) is 1.06. The molecule has 0 unspecified atom stereocenters. The topological polar surface area (TPSA) is 80.4 Å². The summed E-state index contributed by atoms with van der Waals surface area (Å²) in [4.78, 5) is 3.68. The predicted molar refractivity (Wildman–Crippen MR) is 36.6 cm³/mol. The van der Waals surface area contributed by atoms with Crippen molar-refractivity contribution in [3.63, 3.8) is 0 Å². The summed E-state index contributed by atoms with van der Waals surface area (Å²) in [6.45, 7) is 0. The van der Waals surface area contributed by atoms with E-state index in [4.69, 9.17) is 8.97 Å². The van der Waals surface area contributed by atoms with Gasteiger partial charge < -0.3 is 4.42 Å². The average molecular weight is 177 g/mol. The molecule has 0 aliphatic heterocycles. The number of aromatic nitrogens is 1. The largest absolute Gasteiger partial charge is 0.449 e. The van der Waals surface area contributed by atoms with Crippen LogP contribution in [0.2, 0.25) is 0 Å². The maximum absolute atomic E-state index is 10.2. The Morgan fingerprint density at radius 2 is 2.36 bits per heavy atom. The smallest absolute Gasteiger partial charge is 0.265 e. The van der Waals surface area contributed by atoms with Crippen molar-refractivity contribution in [2.45, 2.75) is 6.42 Å². The van der Waals surface area contributed by atoms with Crippen molar-refractivity contribution < 1.29 is 17.4 Å². The van der Waals surface area contributed by atoms with E-state index >= 15 is 0 Å². The van der Waals surface area contributed by atoms with Gasteiger partial charge in [-0.15, -0.1) is 0 Å². The van der Waals surface area contributed by atoms with Gasteiger partial charge in [-0.25, -0.2) is 4.98 Å². The molecule has 0 atom stereocenters. The van der Waals surface area contributed by atoms with E-state index in [1.54, 1.807) is 0 Å². The van der Waals surface area contributed by atoms with Gasteiger partial charge in [-0.2, -0.15) is 8.42 Å². The molecule has 5 nitrogen and oxygen atoms in total. The van der Waals surface area contributed by atoms with Gasteiger partial charge in [0.15, 0.2) is 5.89 Å². The monoisotopic (exact) mass is 177 g/mol. The maximum Gasteiger partial charge on any atom is 0.265 e. The molecule has 0 aliphatic rings. The zero-order chi connectivity index (χ0) is 8.32. The van der Waals surface area contributed by atoms with Crippen LogP contribution in [0.15, 0.2) is 16.9 Å². The molecule has 1 heterocycles. The summed E-state index contributed by atoms with van der Waals surface area (Å²) in [6, 6.07) is 0. The molecule has 1 N–H and O–H groups in total. The van der Waals surface area contributed by atoms with E-state index in [-0.39, 0.29) is 12.2 Å². The Hall–Kier alpha value is -0.880. The summed E-state index contributed by atoms with van der Waals surface area (Å²) >= 11 is 0. The second kappa shape index (κ2) is 3.02. The first-order valence-electron chi connectivity index (χ1n) is 2.91. The first kappa shape index (κ1) is 8.22. The number of hydrogen-bond donors (Lipinski definition) is 1. The van der Waals surface area contributed by atoms with Crippen molar-refractivity contribution in [2.24, 2.45) is 0 Å². The normalized spacial score (nSPS) is 11.7. The fourth-order valence-corrected chi connectivity index (χ4v) is 1.03. The second-order valence-corrected chi connectivity index (χ2v) is 3.53. The Labute approximate surface area is 63.8 Å². The lowest BCUT2D eigenvalue weighted by Gasteiger charge is -1.91. The number of aryl methyl sites for hydroxylation is 1. The van der Waals surface area contributed by atoms with Crippen LogP contribution in [0.5, 0.6) is 0 Å². The summed E-state index contributed by atoms with van der Waals surface area (Å²) in [5.74, 6) is -0.0457. The fourth-order valence-electron chi connectivity index (χ4n) is 0.593. The highest BCUT2D eigenvalue weighted by molar-refractivity contribution is 7.85. The molecule has 0 spiro atoms. The molecule has 1 aromatic heterocycles. The van der Waals surface area contributed by atoms with E-state index in [9.17, 15) is 8.42 Å². The van der Waals surface area contributed by atoms with Crippen LogP contribution in [0.4, 0.5) is 0 Å². The molecule has 0 saturated carbocycles. The molecule has 1 aromatic rings. The molecule has 0 saturated heterocycles. The highest BCUT2D eigenvalue weighted by Gasteiger charge is 2.06. The highest BCUT2D eigenvalue weighted by Crippen LogP contribution is 1.97. The standard InChI is InChI=1S/C5H7NO4S/c7-11(8,9)4-1-5-6-2-3-10-5/h2-3H,1,4H2,(H,7,8,9). The number of oxazole rings is 1. The SMILES string of the molecule is O=S(=O)(O)CCc1ncco1. The van der Waals surface area contributed by atoms with Gasteiger partial charge in [0.1, 0.15) is 6.26 Å². The Morgan fingerprint density at radius 3 is 2.82 bits per heavy atom. The summed E-state index contributed by atoms with van der Waals surface area (Å²) in [5, 5.41) is 0. The minimum absolute atomic E-state index is 0.103. The van der Waals surface area contributed by atoms with Crippen molar-refractivity contribution in [1.82, 2.24) is 4.98 Å². The number of rotatable bonds is 3. The van der Waals surface area contributed by atoms with Crippen molar-refractivity contribution in [1.29, 1.82) is 0 Å². The van der Waals surface area contributed by atoms with Crippen LogP contribution in [-0.4, -0.2) is 23.7 Å². The average Bonchev–Trinajstić information content (AvgIpc) is 2.32. The maximum atomic E-state index is 10.2. The van der Waals surface area contributed by atoms with Gasteiger partial charge in [0.25, 0.3) is 10.1 Å². The number of hydrogen-bond acceptors (Lipinski definition) is 4. The van der Waals surface area contributed by atoms with Gasteiger partial charge in [-0.1, -0.05) is 0 Å². The van der Waals surface area contributed by atoms with Gasteiger partial charge in [-0.05, 0) is 0 Å². The van der Waals surface area contributed by atoms with Gasteiger partial charge in [-0.3, -0.25) is 4.55 Å². The fraction of sp³-hybridized carbons (Fsp3) is 0.400. The second-order valence-electron chi connectivity index (χ2n) is 1.96. The van der Waals surface area contributed by atoms with Gasteiger partial charge in [0.05, 0.1) is 11.9 Å². The molecule has 0 fully saturated rings. The van der Waals surface area contributed by atoms with Gasteiger partial charge in [0.2, 0.25) is 0 Å². The van der Waals surface area contributed by atoms with Gasteiger partial charge >= 0.3 is 0 Å². The molecule has 6 heteroatoms. The quantitative estimate of drug-likeness (QED) is 0.662. The minimum Gasteiger partial charge on any atom is -0.449 e. The van der Waals surface area contributed by atoms with Crippen molar-refractivity contribution in [2.75, 3.05) is 5.75 Å². The zero-order valence-electron chi connectivity index (χ0n) is 5.60. The number of nitrogens with zero attached hydrogens (tertiary/aromatic N) is 1. The van der Waals surface area contributed by atoms with Crippen molar-refractivity contribution in [3.8, 4) is 0 Å². The molecule has 62 valence electrons. The van der Waals surface area contributed by atoms with Crippen molar-refractivity contribution >= 4 is 10.1 Å². The van der Waals surface area contributed by atoms with E-state index in [1.165, 1.54) is 12.5 Å². The molecule has 11 heavy (non-hydrogen) atoms. The summed E-state index contributed by atoms with van der Waals surface area (Å²) in [6.07, 6.45) is 2.87. The van der Waals surface area contributed by atoms with Crippen LogP contribution in [0.25, 0.3) is 0 Å². The molecule has 0 aromatic carbocycles. The third kappa shape index (κ3) is 3.15. The molecule has 0 bridgehead atoms. The van der Waals surface area contributed by atoms with Crippen LogP contribution in [0, 0.1) is 0 Å². The minimum atomic E-state index is -3.90. The predicted octanol–water partition coefficient (Wildman–Crippen LogP) is 0.105. The molecular weight excluding hydrogens is 170 g/mol. The highest BCUT2D eigenvalue weighted by atomic mass is 32.2. The Bertz CT molecular complexity index is 301. The Balaban J connectivity index is 2.48. The van der Waals surface area contributed by atoms with E-state index < -0.39 is 10.1 Å². The summed E-state index contributed by atoms with van der Waals surface area (Å²) in [5.41, 5.74) is 0. The van der Waals surface area contributed by atoms with E-state index in [2.05, 4.69) is 4.98 Å². The van der Waals surface area contributed by atoms with Crippen LogP contribution < -0.4 is 0 Å². The lowest BCUT2D eigenvalue weighted by molar-refractivity contribution is 0.469. The Morgan fingerprint density at radius 1 is 1.64 bits per heavy atom. The molecule has 0 radical (unpaired) electrons. The summed E-state index contributed by atoms with van der Waals surface area (Å²) < 4.78 is 33.5. The molecular formula is C5H7NO4S. The third-order valence-corrected chi connectivity index (χ3v) is 1.78. The molecule has 0 aliphatic carbocycles. The summed E-state index contributed by atoms with van der Waals surface area (Å²) in [7, 11) is -3.90. The van der Waals surface area contributed by atoms with E-state index in [0.29, 0.717) is 5.89 Å². The first-order valence-corrected chi connectivity index (χ1v) is 4.52. The zero-order valence-corrected chi connectivity index (χ0v) is 6.41. The van der Waals surface area contributed by atoms with Crippen LogP contribution >= 0.6 is 0 Å². The molecule has 1 rings (SSSR count). The van der Waals surface area contributed by atoms with Crippen LogP contribution in [0.1, 0.15) is 5.89 Å². The van der Waals surface area contributed by atoms with Crippen molar-refractivity contribution in [3.05, 3.63) is 18.4 Å². The molecule has 0 amide bonds. The first-order chi connectivity index (χ1) is 5.08. The van der Waals surface area contributed by atoms with Crippen LogP contribution in [-0.2, 0) is 16.5 Å². The van der Waals surface area contributed by atoms with E-state index in [1.807, 2.05) is 0 Å². The lowest BCUT2D eigenvalue weighted by Crippen LogP contribution is -2.06. The van der Waals surface area contributed by atoms with Crippen LogP contribution in [0.3, 0.4) is 0 Å².